The predicted molar refractivity (Wildman–Crippen MR) is 246 cm³/mol. The van der Waals surface area contributed by atoms with Crippen LogP contribution < -0.4 is 60.6 Å². The summed E-state index contributed by atoms with van der Waals surface area (Å²) in [7, 11) is 0. The van der Waals surface area contributed by atoms with Crippen molar-refractivity contribution in [2.75, 3.05) is 19.7 Å². The van der Waals surface area contributed by atoms with Crippen molar-refractivity contribution in [1.29, 1.82) is 0 Å². The van der Waals surface area contributed by atoms with Crippen molar-refractivity contribution in [3.63, 3.8) is 0 Å². The quantitative estimate of drug-likeness (QED) is 0.0204. The van der Waals surface area contributed by atoms with Gasteiger partial charge in [0.25, 0.3) is 0 Å². The Morgan fingerprint density at radius 1 is 0.676 bits per heavy atom. The number of hydrogen-bond acceptors (Lipinski definition) is 13. The first-order valence-corrected chi connectivity index (χ1v) is 22.3. The Balaban J connectivity index is 2.42. The van der Waals surface area contributed by atoms with E-state index in [0.29, 0.717) is 5.56 Å². The van der Waals surface area contributed by atoms with Crippen LogP contribution >= 0.6 is 0 Å². The standard InChI is InChI=1S/C43H69N13O12/c1-22(2)16-27(52-38(63)28(17-23(3)4)53-39(64)29(51-35(60)25(44)21-57)18-24-10-6-5-7-11-24)37(62)50-26(12-8-14-49-43(47)48)36(61)54-30(19-33(45)58)41(66)56-15-9-13-32(56)40(65)55-31(42(67)68)20-34(46)59/h5-7,10-11,22-23,25-32,57H,8-9,12-21,44H2,1-4H3,(H2,45,58)(H2,46,59)(H,50,62)(H,51,60)(H,52,63)(H,53,64)(H,54,61)(H,55,65)(H,67,68)(H4,47,48,49)/t25-,26-,27-,28-,29-,30-,31-,32-/m0/s1. The van der Waals surface area contributed by atoms with Gasteiger partial charge in [-0.05, 0) is 55.9 Å². The van der Waals surface area contributed by atoms with Crippen LogP contribution in [0, 0.1) is 11.8 Å². The highest BCUT2D eigenvalue weighted by atomic mass is 16.4. The van der Waals surface area contributed by atoms with E-state index in [2.05, 4.69) is 36.9 Å². The molecule has 8 atom stereocenters. The molecule has 0 saturated carbocycles. The summed E-state index contributed by atoms with van der Waals surface area (Å²) in [6.07, 6.45) is -1.04. The average Bonchev–Trinajstić information content (AvgIpc) is 3.75. The molecule has 2 rings (SSSR count). The van der Waals surface area contributed by atoms with Crippen LogP contribution in [0.3, 0.4) is 0 Å². The fraction of sp³-hybridized carbons (Fsp3) is 0.605. The molecular weight excluding hydrogens is 891 g/mol. The van der Waals surface area contributed by atoms with Gasteiger partial charge in [-0.15, -0.1) is 0 Å². The number of nitrogens with zero attached hydrogens (tertiary/aromatic N) is 2. The van der Waals surface area contributed by atoms with Gasteiger partial charge < -0.3 is 75.7 Å². The highest BCUT2D eigenvalue weighted by molar-refractivity contribution is 5.99. The van der Waals surface area contributed by atoms with Gasteiger partial charge in [-0.3, -0.25) is 48.1 Å². The maximum absolute atomic E-state index is 14.2. The molecule has 1 aliphatic heterocycles. The minimum absolute atomic E-state index is 0.00303. The monoisotopic (exact) mass is 960 g/mol. The van der Waals surface area contributed by atoms with E-state index in [1.165, 1.54) is 0 Å². The topological polar surface area (TPSA) is 429 Å². The second-order valence-electron chi connectivity index (χ2n) is 17.4. The molecule has 0 aliphatic carbocycles. The van der Waals surface area contributed by atoms with Crippen molar-refractivity contribution in [1.82, 2.24) is 36.8 Å². The van der Waals surface area contributed by atoms with Crippen LogP contribution in [0.5, 0.6) is 0 Å². The molecule has 0 bridgehead atoms. The molecule has 1 heterocycles. The number of primary amides is 2. The molecule has 0 unspecified atom stereocenters. The number of hydrogen-bond donors (Lipinski definition) is 13. The molecule has 18 N–H and O–H groups in total. The normalized spacial score (nSPS) is 16.4. The minimum Gasteiger partial charge on any atom is -0.480 e. The van der Waals surface area contributed by atoms with Crippen LogP contribution in [0.1, 0.15) is 84.6 Å². The number of benzene rings is 1. The molecule has 378 valence electrons. The molecule has 68 heavy (non-hydrogen) atoms. The molecule has 9 amide bonds. The van der Waals surface area contributed by atoms with Crippen LogP contribution in [0.2, 0.25) is 0 Å². The zero-order chi connectivity index (χ0) is 51.2. The molecule has 0 spiro atoms. The summed E-state index contributed by atoms with van der Waals surface area (Å²) in [5.41, 5.74) is 27.9. The number of rotatable bonds is 29. The summed E-state index contributed by atoms with van der Waals surface area (Å²) in [5, 5.41) is 34.1. The predicted octanol–water partition coefficient (Wildman–Crippen LogP) is -4.57. The summed E-state index contributed by atoms with van der Waals surface area (Å²) in [6, 6.07) is -2.47. The zero-order valence-electron chi connectivity index (χ0n) is 38.9. The highest BCUT2D eigenvalue weighted by Gasteiger charge is 2.41. The number of aliphatic hydroxyl groups is 1. The van der Waals surface area contributed by atoms with E-state index in [9.17, 15) is 58.2 Å². The average molecular weight is 960 g/mol. The molecule has 1 aliphatic rings. The number of guanidine groups is 1. The Morgan fingerprint density at radius 2 is 1.16 bits per heavy atom. The Kier molecular flexibility index (Phi) is 23.8. The van der Waals surface area contributed by atoms with E-state index in [1.807, 2.05) is 0 Å². The Morgan fingerprint density at radius 3 is 1.66 bits per heavy atom. The van der Waals surface area contributed by atoms with E-state index in [0.717, 1.165) is 4.90 Å². The van der Waals surface area contributed by atoms with Crippen LogP contribution in [0.25, 0.3) is 0 Å². The van der Waals surface area contributed by atoms with E-state index in [-0.39, 0.29) is 75.8 Å². The molecule has 1 fully saturated rings. The first-order valence-electron chi connectivity index (χ1n) is 22.3. The Labute approximate surface area is 394 Å². The number of aliphatic hydroxyl groups excluding tert-OH is 1. The largest absolute Gasteiger partial charge is 0.480 e. The van der Waals surface area contributed by atoms with Gasteiger partial charge in [-0.2, -0.15) is 0 Å². The molecule has 1 aromatic carbocycles. The number of aliphatic carboxylic acids is 1. The van der Waals surface area contributed by atoms with Crippen LogP contribution in [0.15, 0.2) is 35.3 Å². The number of carboxylic acid groups (broad SMARTS) is 1. The lowest BCUT2D eigenvalue weighted by atomic mass is 9.98. The minimum atomic E-state index is -1.69. The number of aliphatic imine (C=N–C) groups is 1. The lowest BCUT2D eigenvalue weighted by Crippen LogP contribution is -2.60. The van der Waals surface area contributed by atoms with Crippen molar-refractivity contribution >= 4 is 65.1 Å². The number of likely N-dealkylation sites (tertiary alicyclic amines) is 1. The van der Waals surface area contributed by atoms with E-state index in [4.69, 9.17) is 28.7 Å². The molecule has 1 saturated heterocycles. The summed E-state index contributed by atoms with van der Waals surface area (Å²) in [6.45, 7) is 6.43. The van der Waals surface area contributed by atoms with Gasteiger partial charge in [0.15, 0.2) is 5.96 Å². The third kappa shape index (κ3) is 19.9. The van der Waals surface area contributed by atoms with Crippen molar-refractivity contribution in [3.8, 4) is 0 Å². The van der Waals surface area contributed by atoms with Crippen LogP contribution in [-0.4, -0.2) is 148 Å². The Hall–Kier alpha value is -6.89. The Bertz CT molecular complexity index is 1960. The van der Waals surface area contributed by atoms with Crippen molar-refractivity contribution in [2.45, 2.75) is 134 Å². The first-order chi connectivity index (χ1) is 31.9. The maximum atomic E-state index is 14.2. The maximum Gasteiger partial charge on any atom is 0.326 e. The third-order valence-corrected chi connectivity index (χ3v) is 10.6. The highest BCUT2D eigenvalue weighted by Crippen LogP contribution is 2.20. The van der Waals surface area contributed by atoms with Crippen LogP contribution in [0.4, 0.5) is 0 Å². The summed E-state index contributed by atoms with van der Waals surface area (Å²) in [4.78, 5) is 137. The number of carbonyl (C=O) groups excluding carboxylic acids is 9. The second kappa shape index (κ2) is 28.3. The number of amides is 9. The summed E-state index contributed by atoms with van der Waals surface area (Å²) < 4.78 is 0. The molecule has 1 aromatic rings. The lowest BCUT2D eigenvalue weighted by molar-refractivity contribution is -0.146. The van der Waals surface area contributed by atoms with Crippen LogP contribution in [-0.2, 0) is 54.4 Å². The second-order valence-corrected chi connectivity index (χ2v) is 17.4. The fourth-order valence-electron chi connectivity index (χ4n) is 7.26. The fourth-order valence-corrected chi connectivity index (χ4v) is 7.26. The van der Waals surface area contributed by atoms with Gasteiger partial charge in [0.05, 0.1) is 19.4 Å². The zero-order valence-corrected chi connectivity index (χ0v) is 38.9. The van der Waals surface area contributed by atoms with Gasteiger partial charge in [0.2, 0.25) is 53.2 Å². The number of carboxylic acids is 1. The summed E-state index contributed by atoms with van der Waals surface area (Å²) in [5.74, 6) is -10.2. The number of carbonyl (C=O) groups is 10. The molecule has 0 aromatic heterocycles. The van der Waals surface area contributed by atoms with Crippen molar-refractivity contribution < 1.29 is 58.2 Å². The smallest absolute Gasteiger partial charge is 0.326 e. The lowest BCUT2D eigenvalue weighted by Gasteiger charge is -2.30. The van der Waals surface area contributed by atoms with Gasteiger partial charge in [-0.1, -0.05) is 58.0 Å². The van der Waals surface area contributed by atoms with Crippen molar-refractivity contribution in [2.24, 2.45) is 45.5 Å². The van der Waals surface area contributed by atoms with Gasteiger partial charge in [-0.25, -0.2) is 4.79 Å². The molecular formula is C43H69N13O12. The van der Waals surface area contributed by atoms with Gasteiger partial charge >= 0.3 is 5.97 Å². The molecule has 0 radical (unpaired) electrons. The van der Waals surface area contributed by atoms with Crippen molar-refractivity contribution in [3.05, 3.63) is 35.9 Å². The SMILES string of the molecule is CC(C)C[C@H](NC(=O)[C@H](CC(C)C)NC(=O)[C@H](Cc1ccccc1)NC(=O)[C@@H](N)CO)C(=O)N[C@@H](CCCN=C(N)N)C(=O)N[C@@H](CC(N)=O)C(=O)N1CCC[C@H]1C(=O)N[C@@H](CC(N)=O)C(=O)O. The van der Waals surface area contributed by atoms with Gasteiger partial charge in [0.1, 0.15) is 48.3 Å². The molecule has 25 nitrogen and oxygen atoms in total. The number of nitrogens with two attached hydrogens (primary N) is 5. The van der Waals surface area contributed by atoms with Gasteiger partial charge in [0, 0.05) is 19.5 Å². The number of nitrogens with one attached hydrogen (secondary N) is 6. The van der Waals surface area contributed by atoms with E-state index in [1.54, 1.807) is 58.0 Å². The van der Waals surface area contributed by atoms with E-state index < -0.39 is 127 Å². The molecule has 25 heteroatoms. The van der Waals surface area contributed by atoms with E-state index >= 15 is 0 Å². The summed E-state index contributed by atoms with van der Waals surface area (Å²) >= 11 is 0. The third-order valence-electron chi connectivity index (χ3n) is 10.6. The first kappa shape index (κ1) is 57.2.